The van der Waals surface area contributed by atoms with Crippen LogP contribution in [0.4, 0.5) is 0 Å². The van der Waals surface area contributed by atoms with Crippen LogP contribution in [0, 0.1) is 6.92 Å². The van der Waals surface area contributed by atoms with Crippen LogP contribution in [0.2, 0.25) is 0 Å². The Hall–Kier alpha value is -2.02. The Balaban J connectivity index is 1.48. The van der Waals surface area contributed by atoms with Gasteiger partial charge < -0.3 is 10.4 Å². The first-order chi connectivity index (χ1) is 11.8. The molecule has 2 N–H and O–H groups in total. The SMILES string of the molecule is Cc1nn(CCO)cc1CNCCc1csc(-c2ccccc2)n1. The molecule has 0 aliphatic carbocycles. The molecular weight excluding hydrogens is 320 g/mol. The van der Waals surface area contributed by atoms with Crippen LogP contribution in [-0.4, -0.2) is 33.0 Å². The fourth-order valence-electron chi connectivity index (χ4n) is 2.52. The first-order valence-corrected chi connectivity index (χ1v) is 8.98. The van der Waals surface area contributed by atoms with Gasteiger partial charge in [-0.25, -0.2) is 4.98 Å². The number of nitrogens with zero attached hydrogens (tertiary/aromatic N) is 3. The van der Waals surface area contributed by atoms with Crippen molar-refractivity contribution in [2.24, 2.45) is 0 Å². The van der Waals surface area contributed by atoms with Crippen molar-refractivity contribution in [2.75, 3.05) is 13.2 Å². The Kier molecular flexibility index (Phi) is 5.74. The predicted molar refractivity (Wildman–Crippen MR) is 97.0 cm³/mol. The number of aryl methyl sites for hydroxylation is 1. The number of aliphatic hydroxyl groups excluding tert-OH is 1. The third-order valence-electron chi connectivity index (χ3n) is 3.82. The van der Waals surface area contributed by atoms with E-state index in [1.54, 1.807) is 16.0 Å². The van der Waals surface area contributed by atoms with Crippen molar-refractivity contribution in [3.8, 4) is 10.6 Å². The average Bonchev–Trinajstić information content (AvgIpc) is 3.20. The van der Waals surface area contributed by atoms with Crippen LogP contribution in [-0.2, 0) is 19.5 Å². The van der Waals surface area contributed by atoms with Crippen LogP contribution in [0.5, 0.6) is 0 Å². The highest BCUT2D eigenvalue weighted by Crippen LogP contribution is 2.23. The van der Waals surface area contributed by atoms with Crippen molar-refractivity contribution in [1.29, 1.82) is 0 Å². The van der Waals surface area contributed by atoms with Crippen LogP contribution in [0.15, 0.2) is 41.9 Å². The van der Waals surface area contributed by atoms with Crippen LogP contribution < -0.4 is 5.32 Å². The molecule has 1 aromatic carbocycles. The Labute approximate surface area is 146 Å². The summed E-state index contributed by atoms with van der Waals surface area (Å²) in [6.07, 6.45) is 2.90. The second kappa shape index (κ2) is 8.19. The third kappa shape index (κ3) is 4.29. The van der Waals surface area contributed by atoms with Gasteiger partial charge in [0.1, 0.15) is 5.01 Å². The Morgan fingerprint density at radius 3 is 2.88 bits per heavy atom. The maximum atomic E-state index is 8.96. The van der Waals surface area contributed by atoms with Crippen molar-refractivity contribution >= 4 is 11.3 Å². The van der Waals surface area contributed by atoms with Gasteiger partial charge in [-0.1, -0.05) is 30.3 Å². The highest BCUT2D eigenvalue weighted by Gasteiger charge is 2.06. The largest absolute Gasteiger partial charge is 0.394 e. The second-order valence-electron chi connectivity index (χ2n) is 5.66. The van der Waals surface area contributed by atoms with Crippen LogP contribution in [0.25, 0.3) is 10.6 Å². The van der Waals surface area contributed by atoms with E-state index in [0.717, 1.165) is 35.9 Å². The van der Waals surface area contributed by atoms with Gasteiger partial charge in [0.05, 0.1) is 24.5 Å². The van der Waals surface area contributed by atoms with Crippen LogP contribution in [0.3, 0.4) is 0 Å². The fourth-order valence-corrected chi connectivity index (χ4v) is 3.38. The van der Waals surface area contributed by atoms with E-state index in [1.807, 2.05) is 31.3 Å². The molecule has 0 atom stereocenters. The maximum Gasteiger partial charge on any atom is 0.123 e. The zero-order chi connectivity index (χ0) is 16.8. The molecular formula is C18H22N4OS. The van der Waals surface area contributed by atoms with Crippen molar-refractivity contribution in [3.05, 3.63) is 58.9 Å². The molecule has 0 radical (unpaired) electrons. The zero-order valence-electron chi connectivity index (χ0n) is 13.8. The van der Waals surface area contributed by atoms with E-state index < -0.39 is 0 Å². The lowest BCUT2D eigenvalue weighted by molar-refractivity contribution is 0.269. The molecule has 0 aliphatic heterocycles. The van der Waals surface area contributed by atoms with Crippen LogP contribution in [0.1, 0.15) is 17.0 Å². The lowest BCUT2D eigenvalue weighted by Crippen LogP contribution is -2.17. The Morgan fingerprint density at radius 2 is 2.08 bits per heavy atom. The molecule has 0 bridgehead atoms. The highest BCUT2D eigenvalue weighted by molar-refractivity contribution is 7.13. The summed E-state index contributed by atoms with van der Waals surface area (Å²) in [6.45, 7) is 4.32. The molecule has 6 heteroatoms. The lowest BCUT2D eigenvalue weighted by atomic mass is 10.2. The molecule has 0 saturated carbocycles. The number of thiazole rings is 1. The number of nitrogens with one attached hydrogen (secondary N) is 1. The summed E-state index contributed by atoms with van der Waals surface area (Å²) in [5.74, 6) is 0. The van der Waals surface area contributed by atoms with Crippen molar-refractivity contribution < 1.29 is 5.11 Å². The molecule has 3 rings (SSSR count). The van der Waals surface area contributed by atoms with Gasteiger partial charge >= 0.3 is 0 Å². The topological polar surface area (TPSA) is 63.0 Å². The van der Waals surface area contributed by atoms with Crippen LogP contribution >= 0.6 is 11.3 Å². The van der Waals surface area contributed by atoms with Gasteiger partial charge in [0.15, 0.2) is 0 Å². The van der Waals surface area contributed by atoms with Gasteiger partial charge in [0, 0.05) is 42.2 Å². The quantitative estimate of drug-likeness (QED) is 0.618. The molecule has 24 heavy (non-hydrogen) atoms. The summed E-state index contributed by atoms with van der Waals surface area (Å²) < 4.78 is 1.79. The molecule has 126 valence electrons. The van der Waals surface area contributed by atoms with E-state index in [1.165, 1.54) is 11.1 Å². The summed E-state index contributed by atoms with van der Waals surface area (Å²) in [4.78, 5) is 4.71. The van der Waals surface area contributed by atoms with Crippen molar-refractivity contribution in [3.63, 3.8) is 0 Å². The first kappa shape index (κ1) is 16.8. The molecule has 0 saturated heterocycles. The van der Waals surface area contributed by atoms with Gasteiger partial charge in [-0.05, 0) is 6.92 Å². The molecule has 2 heterocycles. The molecule has 0 unspecified atom stereocenters. The minimum Gasteiger partial charge on any atom is -0.394 e. The number of hydrogen-bond acceptors (Lipinski definition) is 5. The van der Waals surface area contributed by atoms with E-state index in [9.17, 15) is 0 Å². The maximum absolute atomic E-state index is 8.96. The van der Waals surface area contributed by atoms with E-state index in [0.29, 0.717) is 6.54 Å². The highest BCUT2D eigenvalue weighted by atomic mass is 32.1. The van der Waals surface area contributed by atoms with Gasteiger partial charge in [-0.3, -0.25) is 4.68 Å². The van der Waals surface area contributed by atoms with E-state index >= 15 is 0 Å². The molecule has 0 amide bonds. The summed E-state index contributed by atoms with van der Waals surface area (Å²) in [5.41, 5.74) is 4.48. The summed E-state index contributed by atoms with van der Waals surface area (Å²) in [5, 5.41) is 20.0. The number of benzene rings is 1. The van der Waals surface area contributed by atoms with E-state index in [4.69, 9.17) is 10.1 Å². The molecule has 0 fully saturated rings. The fraction of sp³-hybridized carbons (Fsp3) is 0.333. The van der Waals surface area contributed by atoms with Gasteiger partial charge in [0.2, 0.25) is 0 Å². The number of aliphatic hydroxyl groups is 1. The zero-order valence-corrected chi connectivity index (χ0v) is 14.6. The van der Waals surface area contributed by atoms with Gasteiger partial charge in [0.25, 0.3) is 0 Å². The smallest absolute Gasteiger partial charge is 0.123 e. The van der Waals surface area contributed by atoms with Crippen molar-refractivity contribution in [1.82, 2.24) is 20.1 Å². The minimum absolute atomic E-state index is 0.113. The average molecular weight is 342 g/mol. The Bertz CT molecular complexity index is 766. The standard InChI is InChI=1S/C18H22N4OS/c1-14-16(12-22(21-14)9-10-23)11-19-8-7-17-13-24-18(20-17)15-5-3-2-4-6-15/h2-6,12-13,19,23H,7-11H2,1H3. The Morgan fingerprint density at radius 1 is 1.25 bits per heavy atom. The molecule has 0 aliphatic rings. The number of hydrogen-bond donors (Lipinski definition) is 2. The number of aromatic nitrogens is 3. The molecule has 3 aromatic rings. The van der Waals surface area contributed by atoms with E-state index in [2.05, 4.69) is 27.9 Å². The lowest BCUT2D eigenvalue weighted by Gasteiger charge is -2.02. The summed E-state index contributed by atoms with van der Waals surface area (Å²) in [6, 6.07) is 10.3. The minimum atomic E-state index is 0.113. The van der Waals surface area contributed by atoms with E-state index in [-0.39, 0.29) is 6.61 Å². The molecule has 2 aromatic heterocycles. The molecule has 5 nitrogen and oxygen atoms in total. The first-order valence-electron chi connectivity index (χ1n) is 8.10. The molecule has 0 spiro atoms. The predicted octanol–water partition coefficient (Wildman–Crippen LogP) is 2.64. The van der Waals surface area contributed by atoms with Gasteiger partial charge in [-0.2, -0.15) is 5.10 Å². The van der Waals surface area contributed by atoms with Gasteiger partial charge in [-0.15, -0.1) is 11.3 Å². The normalized spacial score (nSPS) is 11.1. The number of rotatable bonds is 8. The second-order valence-corrected chi connectivity index (χ2v) is 6.52. The summed E-state index contributed by atoms with van der Waals surface area (Å²) >= 11 is 1.69. The third-order valence-corrected chi connectivity index (χ3v) is 4.76. The monoisotopic (exact) mass is 342 g/mol. The van der Waals surface area contributed by atoms with Crippen molar-refractivity contribution in [2.45, 2.75) is 26.4 Å². The summed E-state index contributed by atoms with van der Waals surface area (Å²) in [7, 11) is 0.